The first-order valence-electron chi connectivity index (χ1n) is 8.08. The Labute approximate surface area is 132 Å². The number of nitrogens with zero attached hydrogens (tertiary/aromatic N) is 1. The largest absolute Gasteiger partial charge is 0.480 e. The van der Waals surface area contributed by atoms with Crippen LogP contribution in [0.4, 0.5) is 0 Å². The van der Waals surface area contributed by atoms with Gasteiger partial charge in [-0.1, -0.05) is 27.2 Å². The van der Waals surface area contributed by atoms with Crippen molar-refractivity contribution in [1.82, 2.24) is 10.2 Å². The molecular weight excluding hydrogens is 284 g/mol. The minimum absolute atomic E-state index is 0.0168. The fraction of sp³-hybridized carbons (Fsp3) is 0.812. The van der Waals surface area contributed by atoms with Crippen LogP contribution in [-0.4, -0.2) is 46.4 Å². The van der Waals surface area contributed by atoms with Gasteiger partial charge in [-0.05, 0) is 25.7 Å². The summed E-state index contributed by atoms with van der Waals surface area (Å²) in [6, 6.07) is -0.758. The zero-order valence-corrected chi connectivity index (χ0v) is 14.0. The fourth-order valence-corrected chi connectivity index (χ4v) is 2.89. The van der Waals surface area contributed by atoms with E-state index < -0.39 is 17.9 Å². The van der Waals surface area contributed by atoms with Crippen LogP contribution in [-0.2, 0) is 14.4 Å². The van der Waals surface area contributed by atoms with E-state index >= 15 is 0 Å². The summed E-state index contributed by atoms with van der Waals surface area (Å²) >= 11 is 0. The van der Waals surface area contributed by atoms with Gasteiger partial charge in [-0.3, -0.25) is 9.59 Å². The molecule has 1 saturated heterocycles. The van der Waals surface area contributed by atoms with Crippen molar-refractivity contribution in [1.29, 1.82) is 0 Å². The molecule has 0 aromatic heterocycles. The number of hydrogen-bond acceptors (Lipinski definition) is 3. The molecule has 0 bridgehead atoms. The van der Waals surface area contributed by atoms with E-state index in [2.05, 4.69) is 12.2 Å². The summed E-state index contributed by atoms with van der Waals surface area (Å²) in [5.74, 6) is -1.64. The van der Waals surface area contributed by atoms with E-state index in [1.54, 1.807) is 4.90 Å². The minimum atomic E-state index is -1.03. The Kier molecular flexibility index (Phi) is 6.84. The number of rotatable bonds is 8. The molecule has 1 heterocycles. The van der Waals surface area contributed by atoms with E-state index in [0.29, 0.717) is 13.0 Å². The lowest BCUT2D eigenvalue weighted by Gasteiger charge is -2.24. The van der Waals surface area contributed by atoms with Gasteiger partial charge in [-0.15, -0.1) is 0 Å². The van der Waals surface area contributed by atoms with Gasteiger partial charge in [-0.25, -0.2) is 4.79 Å². The van der Waals surface area contributed by atoms with Gasteiger partial charge in [0.1, 0.15) is 6.04 Å². The quantitative estimate of drug-likeness (QED) is 0.713. The first-order valence-corrected chi connectivity index (χ1v) is 8.08. The van der Waals surface area contributed by atoms with Gasteiger partial charge in [0.15, 0.2) is 0 Å². The third kappa shape index (κ3) is 5.00. The first-order chi connectivity index (χ1) is 10.3. The summed E-state index contributed by atoms with van der Waals surface area (Å²) in [7, 11) is 0. The average molecular weight is 312 g/mol. The lowest BCUT2D eigenvalue weighted by Crippen LogP contribution is -2.45. The van der Waals surface area contributed by atoms with Crippen LogP contribution in [0.2, 0.25) is 0 Å². The molecule has 1 aliphatic rings. The summed E-state index contributed by atoms with van der Waals surface area (Å²) < 4.78 is 0. The Morgan fingerprint density at radius 2 is 2.00 bits per heavy atom. The predicted octanol–water partition coefficient (Wildman–Crippen LogP) is 1.64. The molecule has 22 heavy (non-hydrogen) atoms. The lowest BCUT2D eigenvalue weighted by atomic mass is 10.0. The van der Waals surface area contributed by atoms with E-state index in [0.717, 1.165) is 12.8 Å². The minimum Gasteiger partial charge on any atom is -0.480 e. The molecule has 2 unspecified atom stereocenters. The van der Waals surface area contributed by atoms with Crippen molar-refractivity contribution in [2.75, 3.05) is 6.54 Å². The molecule has 1 fully saturated rings. The SMILES string of the molecule is CCCC(C)N1CC(C(=O)N[C@H](CC(C)C)C(=O)O)CC1=O. The number of hydrogen-bond donors (Lipinski definition) is 2. The normalized spacial score (nSPS) is 21.0. The van der Waals surface area contributed by atoms with Crippen LogP contribution in [0.1, 0.15) is 53.4 Å². The van der Waals surface area contributed by atoms with Gasteiger partial charge in [0.25, 0.3) is 0 Å². The summed E-state index contributed by atoms with van der Waals surface area (Å²) in [5, 5.41) is 11.8. The molecule has 0 radical (unpaired) electrons. The molecule has 2 amide bonds. The van der Waals surface area contributed by atoms with E-state index in [9.17, 15) is 19.5 Å². The summed E-state index contributed by atoms with van der Waals surface area (Å²) in [4.78, 5) is 37.2. The highest BCUT2D eigenvalue weighted by Gasteiger charge is 2.37. The molecule has 6 nitrogen and oxygen atoms in total. The van der Waals surface area contributed by atoms with Crippen LogP contribution in [0.15, 0.2) is 0 Å². The summed E-state index contributed by atoms with van der Waals surface area (Å²) in [6.07, 6.45) is 2.45. The number of nitrogens with one attached hydrogen (secondary N) is 1. The van der Waals surface area contributed by atoms with Gasteiger partial charge in [-0.2, -0.15) is 0 Å². The van der Waals surface area contributed by atoms with Crippen molar-refractivity contribution in [3.05, 3.63) is 0 Å². The van der Waals surface area contributed by atoms with Crippen molar-refractivity contribution in [3.8, 4) is 0 Å². The second kappa shape index (κ2) is 8.15. The van der Waals surface area contributed by atoms with Gasteiger partial charge < -0.3 is 15.3 Å². The van der Waals surface area contributed by atoms with Crippen molar-refractivity contribution >= 4 is 17.8 Å². The van der Waals surface area contributed by atoms with Crippen LogP contribution in [0.3, 0.4) is 0 Å². The standard InChI is InChI=1S/C16H28N2O4/c1-5-6-11(4)18-9-12(8-14(18)19)15(20)17-13(16(21)22)7-10(2)3/h10-13H,5-9H2,1-4H3,(H,17,20)(H,21,22)/t11?,12?,13-/m1/s1. The van der Waals surface area contributed by atoms with Gasteiger partial charge in [0.2, 0.25) is 11.8 Å². The van der Waals surface area contributed by atoms with Crippen LogP contribution < -0.4 is 5.32 Å². The summed E-state index contributed by atoms with van der Waals surface area (Å²) in [5.41, 5.74) is 0. The highest BCUT2D eigenvalue weighted by molar-refractivity contribution is 5.91. The zero-order chi connectivity index (χ0) is 16.9. The molecule has 0 saturated carbocycles. The molecule has 3 atom stereocenters. The predicted molar refractivity (Wildman–Crippen MR) is 83.2 cm³/mol. The Morgan fingerprint density at radius 3 is 2.50 bits per heavy atom. The number of amides is 2. The second-order valence-electron chi connectivity index (χ2n) is 6.61. The molecule has 1 rings (SSSR count). The van der Waals surface area contributed by atoms with Crippen LogP contribution in [0.25, 0.3) is 0 Å². The number of carbonyl (C=O) groups is 3. The molecule has 126 valence electrons. The van der Waals surface area contributed by atoms with Crippen molar-refractivity contribution < 1.29 is 19.5 Å². The topological polar surface area (TPSA) is 86.7 Å². The summed E-state index contributed by atoms with van der Waals surface area (Å²) in [6.45, 7) is 8.26. The fourth-order valence-electron chi connectivity index (χ4n) is 2.89. The monoisotopic (exact) mass is 312 g/mol. The highest BCUT2D eigenvalue weighted by Crippen LogP contribution is 2.22. The molecule has 0 aromatic carbocycles. The molecule has 0 spiro atoms. The van der Waals surface area contributed by atoms with E-state index in [1.807, 2.05) is 20.8 Å². The van der Waals surface area contributed by atoms with Gasteiger partial charge in [0.05, 0.1) is 5.92 Å². The molecule has 6 heteroatoms. The molecule has 0 aromatic rings. The Balaban J connectivity index is 2.63. The van der Waals surface area contributed by atoms with Crippen LogP contribution in [0.5, 0.6) is 0 Å². The number of carboxylic acid groups (broad SMARTS) is 1. The maximum atomic E-state index is 12.3. The van der Waals surface area contributed by atoms with Crippen molar-refractivity contribution in [2.24, 2.45) is 11.8 Å². The zero-order valence-electron chi connectivity index (χ0n) is 14.0. The average Bonchev–Trinajstić information content (AvgIpc) is 2.79. The Hall–Kier alpha value is -1.59. The Morgan fingerprint density at radius 1 is 1.36 bits per heavy atom. The van der Waals surface area contributed by atoms with Crippen molar-refractivity contribution in [2.45, 2.75) is 65.5 Å². The highest BCUT2D eigenvalue weighted by atomic mass is 16.4. The van der Waals surface area contributed by atoms with E-state index in [-0.39, 0.29) is 30.2 Å². The van der Waals surface area contributed by atoms with Crippen LogP contribution in [0, 0.1) is 11.8 Å². The van der Waals surface area contributed by atoms with Crippen molar-refractivity contribution in [3.63, 3.8) is 0 Å². The molecule has 0 aliphatic carbocycles. The van der Waals surface area contributed by atoms with Gasteiger partial charge >= 0.3 is 5.97 Å². The Bertz CT molecular complexity index is 422. The maximum absolute atomic E-state index is 12.3. The maximum Gasteiger partial charge on any atom is 0.326 e. The molecule has 2 N–H and O–H groups in total. The molecule has 1 aliphatic heterocycles. The second-order valence-corrected chi connectivity index (χ2v) is 6.61. The third-order valence-corrected chi connectivity index (χ3v) is 4.09. The lowest BCUT2D eigenvalue weighted by molar-refractivity contribution is -0.142. The van der Waals surface area contributed by atoms with Crippen LogP contribution >= 0.6 is 0 Å². The number of likely N-dealkylation sites (tertiary alicyclic amines) is 1. The molecular formula is C16H28N2O4. The number of carbonyl (C=O) groups excluding carboxylic acids is 2. The number of aliphatic carboxylic acids is 1. The van der Waals surface area contributed by atoms with E-state index in [4.69, 9.17) is 0 Å². The number of carboxylic acids is 1. The smallest absolute Gasteiger partial charge is 0.326 e. The third-order valence-electron chi connectivity index (χ3n) is 4.09. The van der Waals surface area contributed by atoms with Gasteiger partial charge in [0, 0.05) is 19.0 Å². The van der Waals surface area contributed by atoms with E-state index in [1.165, 1.54) is 0 Å². The first kappa shape index (κ1) is 18.5.